The number of nitrogens with one attached hydrogen (secondary N) is 2. The van der Waals surface area contributed by atoms with Gasteiger partial charge in [-0.15, -0.1) is 5.10 Å². The van der Waals surface area contributed by atoms with Crippen LogP contribution in [0.3, 0.4) is 0 Å². The molecule has 2 rings (SSSR count). The van der Waals surface area contributed by atoms with Gasteiger partial charge in [0.15, 0.2) is 10.9 Å². The molecule has 0 fully saturated rings. The van der Waals surface area contributed by atoms with Crippen molar-refractivity contribution in [2.45, 2.75) is 12.1 Å². The Kier molecular flexibility index (Phi) is 4.83. The van der Waals surface area contributed by atoms with Crippen LogP contribution >= 0.6 is 11.8 Å². The van der Waals surface area contributed by atoms with Gasteiger partial charge >= 0.3 is 0 Å². The van der Waals surface area contributed by atoms with Crippen molar-refractivity contribution in [3.05, 3.63) is 46.4 Å². The number of aromatic amines is 1. The minimum atomic E-state index is -0.368. The summed E-state index contributed by atoms with van der Waals surface area (Å²) in [6.07, 6.45) is 1.06. The van der Waals surface area contributed by atoms with E-state index in [-0.39, 0.29) is 28.2 Å². The number of hydrogen-bond acceptors (Lipinski definition) is 6. The summed E-state index contributed by atoms with van der Waals surface area (Å²) in [4.78, 5) is 36.4. The zero-order valence-electron chi connectivity index (χ0n) is 11.1. The highest BCUT2D eigenvalue weighted by molar-refractivity contribution is 7.99. The zero-order chi connectivity index (χ0) is 15.2. The Balaban J connectivity index is 1.89. The van der Waals surface area contributed by atoms with E-state index < -0.39 is 0 Å². The molecule has 108 valence electrons. The Labute approximate surface area is 124 Å². The number of aromatic nitrogens is 3. The van der Waals surface area contributed by atoms with Gasteiger partial charge in [-0.1, -0.05) is 11.8 Å². The third kappa shape index (κ3) is 4.53. The number of Topliss-reactive ketones (excluding diaryl/α,β-unsaturated/α-hetero) is 1. The van der Waals surface area contributed by atoms with Crippen LogP contribution in [0.1, 0.15) is 17.3 Å². The highest BCUT2D eigenvalue weighted by Crippen LogP contribution is 2.13. The molecule has 0 saturated carbocycles. The maximum absolute atomic E-state index is 11.8. The predicted molar refractivity (Wildman–Crippen MR) is 78.5 cm³/mol. The van der Waals surface area contributed by atoms with E-state index in [0.717, 1.165) is 18.0 Å². The number of carbonyl (C=O) groups is 2. The number of carbonyl (C=O) groups excluding carboxylic acids is 2. The SMILES string of the molecule is CC(=O)c1ccc(NC(=O)CSc2nncc(=O)[nH]2)cc1. The second-order valence-electron chi connectivity index (χ2n) is 4.11. The van der Waals surface area contributed by atoms with E-state index >= 15 is 0 Å². The first kappa shape index (κ1) is 14.9. The lowest BCUT2D eigenvalue weighted by Gasteiger charge is -2.05. The number of nitrogens with zero attached hydrogens (tertiary/aromatic N) is 2. The van der Waals surface area contributed by atoms with Gasteiger partial charge in [0.25, 0.3) is 5.56 Å². The molecular formula is C13H12N4O3S. The molecule has 1 aromatic carbocycles. The highest BCUT2D eigenvalue weighted by Gasteiger charge is 2.06. The zero-order valence-corrected chi connectivity index (χ0v) is 11.9. The Morgan fingerprint density at radius 2 is 2.00 bits per heavy atom. The molecule has 0 radical (unpaired) electrons. The van der Waals surface area contributed by atoms with Gasteiger partial charge in [-0.25, -0.2) is 0 Å². The predicted octanol–water partition coefficient (Wildman–Crippen LogP) is 1.10. The number of rotatable bonds is 5. The van der Waals surface area contributed by atoms with Crippen molar-refractivity contribution in [2.24, 2.45) is 0 Å². The maximum atomic E-state index is 11.8. The summed E-state index contributed by atoms with van der Waals surface area (Å²) in [5.74, 6) is -0.194. The van der Waals surface area contributed by atoms with Crippen LogP contribution in [0.4, 0.5) is 5.69 Å². The van der Waals surface area contributed by atoms with Gasteiger partial charge in [-0.05, 0) is 31.2 Å². The summed E-state index contributed by atoms with van der Waals surface area (Å²) in [6.45, 7) is 1.48. The van der Waals surface area contributed by atoms with Crippen molar-refractivity contribution in [1.82, 2.24) is 15.2 Å². The molecule has 0 aliphatic carbocycles. The summed E-state index contributed by atoms with van der Waals surface area (Å²) >= 11 is 1.07. The molecule has 21 heavy (non-hydrogen) atoms. The number of anilines is 1. The number of H-pyrrole nitrogens is 1. The molecule has 2 aromatic rings. The van der Waals surface area contributed by atoms with Crippen LogP contribution in [0.15, 0.2) is 40.4 Å². The molecule has 1 heterocycles. The second kappa shape index (κ2) is 6.80. The number of amides is 1. The van der Waals surface area contributed by atoms with E-state index in [0.29, 0.717) is 11.3 Å². The summed E-state index contributed by atoms with van der Waals surface area (Å²) < 4.78 is 0. The first-order chi connectivity index (χ1) is 10.0. The van der Waals surface area contributed by atoms with Gasteiger partial charge < -0.3 is 5.32 Å². The fourth-order valence-electron chi connectivity index (χ4n) is 1.48. The fourth-order valence-corrected chi connectivity index (χ4v) is 2.10. The average Bonchev–Trinajstić information content (AvgIpc) is 2.46. The molecule has 0 bridgehead atoms. The van der Waals surface area contributed by atoms with Crippen molar-refractivity contribution in [3.8, 4) is 0 Å². The van der Waals surface area contributed by atoms with Crippen LogP contribution in [0.5, 0.6) is 0 Å². The van der Waals surface area contributed by atoms with E-state index in [1.54, 1.807) is 24.3 Å². The first-order valence-corrected chi connectivity index (χ1v) is 6.99. The molecule has 0 saturated heterocycles. The van der Waals surface area contributed by atoms with E-state index in [2.05, 4.69) is 20.5 Å². The highest BCUT2D eigenvalue weighted by atomic mass is 32.2. The van der Waals surface area contributed by atoms with Gasteiger partial charge in [0.1, 0.15) is 6.20 Å². The Morgan fingerprint density at radius 1 is 1.29 bits per heavy atom. The number of benzene rings is 1. The first-order valence-electron chi connectivity index (χ1n) is 6.00. The van der Waals surface area contributed by atoms with Crippen molar-refractivity contribution in [1.29, 1.82) is 0 Å². The van der Waals surface area contributed by atoms with E-state index in [9.17, 15) is 14.4 Å². The molecule has 7 nitrogen and oxygen atoms in total. The van der Waals surface area contributed by atoms with Crippen LogP contribution in [0.2, 0.25) is 0 Å². The van der Waals surface area contributed by atoms with E-state index in [4.69, 9.17) is 0 Å². The van der Waals surface area contributed by atoms with Gasteiger partial charge in [0.2, 0.25) is 5.91 Å². The lowest BCUT2D eigenvalue weighted by molar-refractivity contribution is -0.113. The Morgan fingerprint density at radius 3 is 2.62 bits per heavy atom. The van der Waals surface area contributed by atoms with E-state index in [1.807, 2.05) is 0 Å². The molecule has 0 spiro atoms. The topological polar surface area (TPSA) is 105 Å². The molecule has 1 amide bonds. The maximum Gasteiger partial charge on any atom is 0.270 e. The van der Waals surface area contributed by atoms with Crippen LogP contribution in [-0.2, 0) is 4.79 Å². The monoisotopic (exact) mass is 304 g/mol. The summed E-state index contributed by atoms with van der Waals surface area (Å²) in [5, 5.41) is 10.1. The third-order valence-corrected chi connectivity index (χ3v) is 3.33. The van der Waals surface area contributed by atoms with Crippen molar-refractivity contribution >= 4 is 29.1 Å². The van der Waals surface area contributed by atoms with Crippen LogP contribution in [0.25, 0.3) is 0 Å². The quantitative estimate of drug-likeness (QED) is 0.633. The van der Waals surface area contributed by atoms with Crippen LogP contribution in [-0.4, -0.2) is 32.6 Å². The number of hydrogen-bond donors (Lipinski definition) is 2. The molecule has 2 N–H and O–H groups in total. The van der Waals surface area contributed by atoms with Crippen molar-refractivity contribution in [2.75, 3.05) is 11.1 Å². The average molecular weight is 304 g/mol. The normalized spacial score (nSPS) is 10.1. The Hall–Kier alpha value is -2.48. The molecule has 0 aliphatic rings. The summed E-state index contributed by atoms with van der Waals surface area (Å²) in [5.41, 5.74) is 0.811. The summed E-state index contributed by atoms with van der Waals surface area (Å²) in [6, 6.07) is 6.60. The largest absolute Gasteiger partial charge is 0.325 e. The smallest absolute Gasteiger partial charge is 0.270 e. The van der Waals surface area contributed by atoms with Crippen LogP contribution < -0.4 is 10.9 Å². The molecule has 1 aromatic heterocycles. The summed E-state index contributed by atoms with van der Waals surface area (Å²) in [7, 11) is 0. The Bertz CT molecular complexity index is 712. The minimum absolute atomic E-state index is 0.0324. The third-order valence-electron chi connectivity index (χ3n) is 2.47. The number of thioether (sulfide) groups is 1. The number of ketones is 1. The molecular weight excluding hydrogens is 292 g/mol. The lowest BCUT2D eigenvalue weighted by atomic mass is 10.1. The van der Waals surface area contributed by atoms with Gasteiger partial charge in [0.05, 0.1) is 5.75 Å². The van der Waals surface area contributed by atoms with Crippen molar-refractivity contribution < 1.29 is 9.59 Å². The molecule has 0 atom stereocenters. The standard InChI is InChI=1S/C13H12N4O3S/c1-8(18)9-2-4-10(5-3-9)15-12(20)7-21-13-16-11(19)6-14-17-13/h2-6H,7H2,1H3,(H,15,20)(H,16,17,19). The molecule has 0 unspecified atom stereocenters. The lowest BCUT2D eigenvalue weighted by Crippen LogP contribution is -2.15. The van der Waals surface area contributed by atoms with Crippen LogP contribution in [0, 0.1) is 0 Å². The van der Waals surface area contributed by atoms with Crippen molar-refractivity contribution in [3.63, 3.8) is 0 Å². The van der Waals surface area contributed by atoms with E-state index in [1.165, 1.54) is 6.92 Å². The van der Waals surface area contributed by atoms with Gasteiger partial charge in [-0.3, -0.25) is 19.4 Å². The molecule has 0 aliphatic heterocycles. The second-order valence-corrected chi connectivity index (χ2v) is 5.07. The molecule has 8 heteroatoms. The van der Waals surface area contributed by atoms with Gasteiger partial charge in [-0.2, -0.15) is 5.10 Å². The minimum Gasteiger partial charge on any atom is -0.325 e. The van der Waals surface area contributed by atoms with Gasteiger partial charge in [0, 0.05) is 11.3 Å². The fraction of sp³-hybridized carbons (Fsp3) is 0.154.